The third-order valence-electron chi connectivity index (χ3n) is 4.65. The molecule has 0 bridgehead atoms. The largest absolute Gasteiger partial charge is 0.352 e. The summed E-state index contributed by atoms with van der Waals surface area (Å²) in [4.78, 5) is 24.2. The molecule has 168 valence electrons. The van der Waals surface area contributed by atoms with Gasteiger partial charge in [0.2, 0.25) is 5.91 Å². The van der Waals surface area contributed by atoms with Gasteiger partial charge in [0.25, 0.3) is 15.9 Å². The molecule has 0 aliphatic carbocycles. The molecule has 0 aliphatic rings. The maximum absolute atomic E-state index is 12.8. The summed E-state index contributed by atoms with van der Waals surface area (Å²) < 4.78 is 28.2. The number of carbonyl (C=O) groups excluding carboxylic acids is 2. The van der Waals surface area contributed by atoms with Crippen LogP contribution in [0.3, 0.4) is 0 Å². The number of rotatable bonds is 10. The van der Waals surface area contributed by atoms with Crippen LogP contribution in [0.2, 0.25) is 0 Å². The molecule has 0 aliphatic heterocycles. The zero-order chi connectivity index (χ0) is 23.0. The van der Waals surface area contributed by atoms with Gasteiger partial charge in [-0.2, -0.15) is 0 Å². The first kappa shape index (κ1) is 24.4. The predicted molar refractivity (Wildman–Crippen MR) is 123 cm³/mol. The van der Waals surface area contributed by atoms with Crippen molar-refractivity contribution in [3.8, 4) is 0 Å². The van der Waals surface area contributed by atoms with Gasteiger partial charge in [0, 0.05) is 17.3 Å². The molecule has 0 spiro atoms. The Morgan fingerprint density at radius 3 is 2.32 bits per heavy atom. The van der Waals surface area contributed by atoms with Crippen molar-refractivity contribution in [3.05, 3.63) is 59.2 Å². The van der Waals surface area contributed by atoms with E-state index in [1.165, 1.54) is 12.1 Å². The van der Waals surface area contributed by atoms with E-state index in [4.69, 9.17) is 0 Å². The van der Waals surface area contributed by atoms with E-state index < -0.39 is 15.9 Å². The maximum atomic E-state index is 12.8. The van der Waals surface area contributed by atoms with E-state index >= 15 is 0 Å². The SMILES string of the molecule is CCCCc1ccc(NS(=O)(=O)c2ccc(C)c(C(=O)NCC(=O)NC(C)C)c2)cc1. The van der Waals surface area contributed by atoms with E-state index in [9.17, 15) is 18.0 Å². The van der Waals surface area contributed by atoms with E-state index in [1.54, 1.807) is 25.1 Å². The number of anilines is 1. The van der Waals surface area contributed by atoms with Crippen LogP contribution in [0.25, 0.3) is 0 Å². The highest BCUT2D eigenvalue weighted by Crippen LogP contribution is 2.20. The molecule has 0 aromatic heterocycles. The van der Waals surface area contributed by atoms with Gasteiger partial charge in [-0.05, 0) is 69.0 Å². The predicted octanol–water partition coefficient (Wildman–Crippen LogP) is 3.39. The van der Waals surface area contributed by atoms with Crippen LogP contribution < -0.4 is 15.4 Å². The third-order valence-corrected chi connectivity index (χ3v) is 6.03. The molecule has 3 N–H and O–H groups in total. The number of carbonyl (C=O) groups is 2. The van der Waals surface area contributed by atoms with Crippen molar-refractivity contribution >= 4 is 27.5 Å². The lowest BCUT2D eigenvalue weighted by atomic mass is 10.1. The molecule has 0 fully saturated rings. The summed E-state index contributed by atoms with van der Waals surface area (Å²) in [5.74, 6) is -0.817. The number of unbranched alkanes of at least 4 members (excludes halogenated alkanes) is 1. The van der Waals surface area contributed by atoms with E-state index in [0.29, 0.717) is 11.3 Å². The summed E-state index contributed by atoms with van der Waals surface area (Å²) in [5.41, 5.74) is 2.42. The van der Waals surface area contributed by atoms with E-state index in [0.717, 1.165) is 24.8 Å². The summed E-state index contributed by atoms with van der Waals surface area (Å²) in [6.45, 7) is 7.30. The monoisotopic (exact) mass is 445 g/mol. The first-order valence-electron chi connectivity index (χ1n) is 10.4. The molecule has 8 heteroatoms. The number of sulfonamides is 1. The van der Waals surface area contributed by atoms with Crippen LogP contribution in [0.1, 0.15) is 55.1 Å². The summed E-state index contributed by atoms with van der Waals surface area (Å²) in [7, 11) is -3.87. The number of aryl methyl sites for hydroxylation is 2. The second kappa shape index (κ2) is 10.9. The number of hydrogen-bond acceptors (Lipinski definition) is 4. The molecule has 0 saturated heterocycles. The zero-order valence-electron chi connectivity index (χ0n) is 18.5. The molecule has 0 heterocycles. The van der Waals surface area contributed by atoms with Gasteiger partial charge >= 0.3 is 0 Å². The Bertz CT molecular complexity index is 1020. The fourth-order valence-electron chi connectivity index (χ4n) is 2.98. The lowest BCUT2D eigenvalue weighted by molar-refractivity contribution is -0.120. The van der Waals surface area contributed by atoms with Crippen LogP contribution in [-0.4, -0.2) is 32.8 Å². The lowest BCUT2D eigenvalue weighted by Gasteiger charge is -2.13. The van der Waals surface area contributed by atoms with Gasteiger partial charge in [-0.25, -0.2) is 8.42 Å². The fraction of sp³-hybridized carbons (Fsp3) is 0.391. The molecule has 7 nitrogen and oxygen atoms in total. The van der Waals surface area contributed by atoms with Crippen molar-refractivity contribution in [3.63, 3.8) is 0 Å². The Kier molecular flexibility index (Phi) is 8.62. The maximum Gasteiger partial charge on any atom is 0.261 e. The minimum Gasteiger partial charge on any atom is -0.352 e. The van der Waals surface area contributed by atoms with Crippen molar-refractivity contribution in [1.29, 1.82) is 0 Å². The van der Waals surface area contributed by atoms with Crippen LogP contribution in [0, 0.1) is 6.92 Å². The summed E-state index contributed by atoms with van der Waals surface area (Å²) in [6, 6.07) is 11.6. The molecule has 2 amide bonds. The average Bonchev–Trinajstić information content (AvgIpc) is 2.71. The smallest absolute Gasteiger partial charge is 0.261 e. The minimum absolute atomic E-state index is 0.0232. The van der Waals surface area contributed by atoms with Gasteiger partial charge in [-0.15, -0.1) is 0 Å². The van der Waals surface area contributed by atoms with Crippen molar-refractivity contribution in [1.82, 2.24) is 10.6 Å². The molecule has 0 atom stereocenters. The van der Waals surface area contributed by atoms with Crippen LogP contribution in [0.5, 0.6) is 0 Å². The number of hydrogen-bond donors (Lipinski definition) is 3. The average molecular weight is 446 g/mol. The quantitative estimate of drug-likeness (QED) is 0.521. The van der Waals surface area contributed by atoms with Crippen molar-refractivity contribution in [2.75, 3.05) is 11.3 Å². The Morgan fingerprint density at radius 1 is 1.03 bits per heavy atom. The van der Waals surface area contributed by atoms with E-state index in [2.05, 4.69) is 22.3 Å². The Morgan fingerprint density at radius 2 is 1.71 bits per heavy atom. The standard InChI is InChI=1S/C23H31N3O4S/c1-5-6-7-18-9-11-19(12-10-18)26-31(29,30)20-13-8-17(4)21(14-20)23(28)24-15-22(27)25-16(2)3/h8-14,16,26H,5-7,15H2,1-4H3,(H,24,28)(H,25,27). The Hall–Kier alpha value is -2.87. The third kappa shape index (κ3) is 7.40. The highest BCUT2D eigenvalue weighted by atomic mass is 32.2. The van der Waals surface area contributed by atoms with Gasteiger partial charge in [0.15, 0.2) is 0 Å². The summed E-state index contributed by atoms with van der Waals surface area (Å²) >= 11 is 0. The molecular formula is C23H31N3O4S. The molecule has 0 unspecified atom stereocenters. The molecule has 2 rings (SSSR count). The first-order valence-corrected chi connectivity index (χ1v) is 11.9. The van der Waals surface area contributed by atoms with Crippen LogP contribution >= 0.6 is 0 Å². The first-order chi connectivity index (χ1) is 14.6. The molecule has 0 radical (unpaired) electrons. The van der Waals surface area contributed by atoms with E-state index in [1.807, 2.05) is 26.0 Å². The lowest BCUT2D eigenvalue weighted by Crippen LogP contribution is -2.40. The topological polar surface area (TPSA) is 104 Å². The van der Waals surface area contributed by atoms with Gasteiger partial charge in [-0.3, -0.25) is 14.3 Å². The molecule has 31 heavy (non-hydrogen) atoms. The normalized spacial score (nSPS) is 11.3. The van der Waals surface area contributed by atoms with Crippen LogP contribution in [0.4, 0.5) is 5.69 Å². The molecule has 0 saturated carbocycles. The van der Waals surface area contributed by atoms with Gasteiger partial charge < -0.3 is 10.6 Å². The van der Waals surface area contributed by atoms with Crippen LogP contribution in [-0.2, 0) is 21.2 Å². The second-order valence-corrected chi connectivity index (χ2v) is 9.47. The van der Waals surface area contributed by atoms with Crippen molar-refractivity contribution < 1.29 is 18.0 Å². The number of nitrogens with one attached hydrogen (secondary N) is 3. The fourth-order valence-corrected chi connectivity index (χ4v) is 4.06. The molecule has 2 aromatic carbocycles. The van der Waals surface area contributed by atoms with Crippen molar-refractivity contribution in [2.24, 2.45) is 0 Å². The van der Waals surface area contributed by atoms with Crippen molar-refractivity contribution in [2.45, 2.75) is 57.9 Å². The Balaban J connectivity index is 2.13. The highest BCUT2D eigenvalue weighted by molar-refractivity contribution is 7.92. The Labute approximate surface area is 184 Å². The second-order valence-electron chi connectivity index (χ2n) is 7.79. The molecular weight excluding hydrogens is 414 g/mol. The molecule has 2 aromatic rings. The van der Waals surface area contributed by atoms with E-state index in [-0.39, 0.29) is 29.0 Å². The highest BCUT2D eigenvalue weighted by Gasteiger charge is 2.19. The van der Waals surface area contributed by atoms with Gasteiger partial charge in [0.1, 0.15) is 0 Å². The van der Waals surface area contributed by atoms with Gasteiger partial charge in [0.05, 0.1) is 11.4 Å². The number of amides is 2. The minimum atomic E-state index is -3.87. The zero-order valence-corrected chi connectivity index (χ0v) is 19.3. The van der Waals surface area contributed by atoms with Crippen LogP contribution in [0.15, 0.2) is 47.4 Å². The number of benzene rings is 2. The summed E-state index contributed by atoms with van der Waals surface area (Å²) in [6.07, 6.45) is 3.13. The van der Waals surface area contributed by atoms with Gasteiger partial charge in [-0.1, -0.05) is 31.5 Å². The summed E-state index contributed by atoms with van der Waals surface area (Å²) in [5, 5.41) is 5.21.